The van der Waals surface area contributed by atoms with Crippen LogP contribution in [0.2, 0.25) is 0 Å². The molecule has 0 spiro atoms. The monoisotopic (exact) mass is 315 g/mol. The van der Waals surface area contributed by atoms with Crippen molar-refractivity contribution in [3.8, 4) is 0 Å². The van der Waals surface area contributed by atoms with Gasteiger partial charge in [-0.3, -0.25) is 0 Å². The van der Waals surface area contributed by atoms with Gasteiger partial charge in [-0.05, 0) is 18.4 Å². The van der Waals surface area contributed by atoms with Gasteiger partial charge in [0.25, 0.3) is 0 Å². The van der Waals surface area contributed by atoms with Gasteiger partial charge < -0.3 is 4.57 Å². The highest BCUT2D eigenvalue weighted by molar-refractivity contribution is 7.98. The van der Waals surface area contributed by atoms with E-state index in [4.69, 9.17) is 0 Å². The molecule has 118 valence electrons. The van der Waals surface area contributed by atoms with Gasteiger partial charge in [0.05, 0.1) is 0 Å². The van der Waals surface area contributed by atoms with Crippen molar-refractivity contribution in [1.29, 1.82) is 0 Å². The van der Waals surface area contributed by atoms with Crippen LogP contribution in [0.3, 0.4) is 0 Å². The number of benzene rings is 1. The van der Waals surface area contributed by atoms with Crippen LogP contribution in [-0.2, 0) is 19.2 Å². The Bertz CT molecular complexity index is 597. The zero-order valence-corrected chi connectivity index (χ0v) is 14.4. The number of aromatic nitrogens is 3. The Labute approximate surface area is 137 Å². The van der Waals surface area contributed by atoms with E-state index >= 15 is 0 Å². The molecular formula is C18H25N3S. The lowest BCUT2D eigenvalue weighted by atomic mass is 9.87. The zero-order chi connectivity index (χ0) is 15.4. The predicted octanol–water partition coefficient (Wildman–Crippen LogP) is 4.54. The first-order chi connectivity index (χ1) is 10.7. The van der Waals surface area contributed by atoms with Crippen LogP contribution in [0.25, 0.3) is 0 Å². The number of hydrogen-bond acceptors (Lipinski definition) is 3. The smallest absolute Gasteiger partial charge is 0.191 e. The van der Waals surface area contributed by atoms with Gasteiger partial charge in [-0.1, -0.05) is 73.7 Å². The summed E-state index contributed by atoms with van der Waals surface area (Å²) in [6.07, 6.45) is 7.99. The molecule has 1 aromatic heterocycles. The molecule has 1 aliphatic rings. The summed E-state index contributed by atoms with van der Waals surface area (Å²) in [6.45, 7) is 2.12. The first-order valence-corrected chi connectivity index (χ1v) is 9.27. The van der Waals surface area contributed by atoms with Crippen molar-refractivity contribution in [2.24, 2.45) is 13.0 Å². The van der Waals surface area contributed by atoms with Crippen molar-refractivity contribution in [3.05, 3.63) is 41.2 Å². The SMILES string of the molecule is Cc1ccc(CSc2nnc(CC3CCCCC3)n2C)cc1. The summed E-state index contributed by atoms with van der Waals surface area (Å²) >= 11 is 1.78. The maximum Gasteiger partial charge on any atom is 0.191 e. The summed E-state index contributed by atoms with van der Waals surface area (Å²) in [5.74, 6) is 2.92. The third-order valence-corrected chi connectivity index (χ3v) is 5.70. The second-order valence-corrected chi connectivity index (χ2v) is 7.38. The lowest BCUT2D eigenvalue weighted by Gasteiger charge is -2.20. The van der Waals surface area contributed by atoms with Crippen molar-refractivity contribution in [2.75, 3.05) is 0 Å². The highest BCUT2D eigenvalue weighted by Gasteiger charge is 2.18. The summed E-state index contributed by atoms with van der Waals surface area (Å²) in [4.78, 5) is 0. The molecule has 3 nitrogen and oxygen atoms in total. The van der Waals surface area contributed by atoms with Crippen LogP contribution in [0.4, 0.5) is 0 Å². The standard InChI is InChI=1S/C18H25N3S/c1-14-8-10-16(11-9-14)13-22-18-20-19-17(21(18)2)12-15-6-4-3-5-7-15/h8-11,15H,3-7,12-13H2,1-2H3. The second-order valence-electron chi connectivity index (χ2n) is 6.44. The van der Waals surface area contributed by atoms with Gasteiger partial charge >= 0.3 is 0 Å². The minimum atomic E-state index is 0.812. The first-order valence-electron chi connectivity index (χ1n) is 8.29. The summed E-state index contributed by atoms with van der Waals surface area (Å²) in [7, 11) is 2.11. The van der Waals surface area contributed by atoms with E-state index in [1.807, 2.05) is 0 Å². The maximum atomic E-state index is 4.43. The third kappa shape index (κ3) is 3.92. The average molecular weight is 315 g/mol. The van der Waals surface area contributed by atoms with Crippen LogP contribution in [0.1, 0.15) is 49.1 Å². The van der Waals surface area contributed by atoms with E-state index in [-0.39, 0.29) is 0 Å². The van der Waals surface area contributed by atoms with Gasteiger partial charge in [0, 0.05) is 19.2 Å². The van der Waals surface area contributed by atoms with Crippen LogP contribution in [0.5, 0.6) is 0 Å². The van der Waals surface area contributed by atoms with E-state index < -0.39 is 0 Å². The number of hydrogen-bond donors (Lipinski definition) is 0. The first kappa shape index (κ1) is 15.6. The van der Waals surface area contributed by atoms with Crippen LogP contribution < -0.4 is 0 Å². The van der Waals surface area contributed by atoms with Crippen LogP contribution >= 0.6 is 11.8 Å². The topological polar surface area (TPSA) is 30.7 Å². The molecule has 0 saturated heterocycles. The number of nitrogens with zero attached hydrogens (tertiary/aromatic N) is 3. The van der Waals surface area contributed by atoms with Gasteiger partial charge in [0.2, 0.25) is 0 Å². The van der Waals surface area contributed by atoms with Crippen LogP contribution in [0, 0.1) is 12.8 Å². The number of aryl methyl sites for hydroxylation is 1. The highest BCUT2D eigenvalue weighted by Crippen LogP contribution is 2.27. The lowest BCUT2D eigenvalue weighted by Crippen LogP contribution is -2.12. The van der Waals surface area contributed by atoms with Gasteiger partial charge in [0.15, 0.2) is 5.16 Å². The van der Waals surface area contributed by atoms with Crippen molar-refractivity contribution in [2.45, 2.75) is 56.4 Å². The predicted molar refractivity (Wildman–Crippen MR) is 92.0 cm³/mol. The Morgan fingerprint density at radius 2 is 1.82 bits per heavy atom. The van der Waals surface area contributed by atoms with E-state index in [0.717, 1.165) is 29.1 Å². The minimum absolute atomic E-state index is 0.812. The van der Waals surface area contributed by atoms with Gasteiger partial charge in [-0.2, -0.15) is 0 Å². The summed E-state index contributed by atoms with van der Waals surface area (Å²) < 4.78 is 2.19. The lowest BCUT2D eigenvalue weighted by molar-refractivity contribution is 0.348. The molecule has 0 amide bonds. The fraction of sp³-hybridized carbons (Fsp3) is 0.556. The Kier molecular flexibility index (Phi) is 5.19. The molecule has 0 N–H and O–H groups in total. The maximum absolute atomic E-state index is 4.43. The largest absolute Gasteiger partial charge is 0.309 e. The zero-order valence-electron chi connectivity index (χ0n) is 13.6. The van der Waals surface area contributed by atoms with Crippen molar-refractivity contribution < 1.29 is 0 Å². The molecule has 1 aromatic carbocycles. The number of thioether (sulfide) groups is 1. The van der Waals surface area contributed by atoms with E-state index in [1.54, 1.807) is 11.8 Å². The molecule has 1 saturated carbocycles. The summed E-state index contributed by atoms with van der Waals surface area (Å²) in [5, 5.41) is 9.85. The third-order valence-electron chi connectivity index (χ3n) is 4.61. The Balaban J connectivity index is 1.59. The van der Waals surface area contributed by atoms with E-state index in [1.165, 1.54) is 43.2 Å². The molecule has 0 bridgehead atoms. The molecule has 2 aromatic rings. The Morgan fingerprint density at radius 1 is 1.09 bits per heavy atom. The molecule has 3 rings (SSSR count). The molecule has 0 radical (unpaired) electrons. The Morgan fingerprint density at radius 3 is 2.55 bits per heavy atom. The van der Waals surface area contributed by atoms with Crippen molar-refractivity contribution in [3.63, 3.8) is 0 Å². The van der Waals surface area contributed by atoms with E-state index in [9.17, 15) is 0 Å². The van der Waals surface area contributed by atoms with E-state index in [2.05, 4.69) is 53.0 Å². The molecule has 1 heterocycles. The van der Waals surface area contributed by atoms with Crippen LogP contribution in [-0.4, -0.2) is 14.8 Å². The van der Waals surface area contributed by atoms with Crippen molar-refractivity contribution in [1.82, 2.24) is 14.8 Å². The highest BCUT2D eigenvalue weighted by atomic mass is 32.2. The molecule has 0 atom stereocenters. The van der Waals surface area contributed by atoms with Gasteiger partial charge in [-0.15, -0.1) is 10.2 Å². The molecule has 1 aliphatic carbocycles. The summed E-state index contributed by atoms with van der Waals surface area (Å²) in [6, 6.07) is 8.73. The quantitative estimate of drug-likeness (QED) is 0.759. The summed E-state index contributed by atoms with van der Waals surface area (Å²) in [5.41, 5.74) is 2.65. The normalized spacial score (nSPS) is 16.1. The van der Waals surface area contributed by atoms with Gasteiger partial charge in [-0.25, -0.2) is 0 Å². The second kappa shape index (κ2) is 7.32. The average Bonchev–Trinajstić information content (AvgIpc) is 2.88. The minimum Gasteiger partial charge on any atom is -0.309 e. The van der Waals surface area contributed by atoms with Gasteiger partial charge in [0.1, 0.15) is 5.82 Å². The molecule has 0 aliphatic heterocycles. The van der Waals surface area contributed by atoms with E-state index in [0.29, 0.717) is 0 Å². The molecular weight excluding hydrogens is 290 g/mol. The number of rotatable bonds is 5. The fourth-order valence-corrected chi connectivity index (χ4v) is 4.02. The van der Waals surface area contributed by atoms with Crippen LogP contribution in [0.15, 0.2) is 29.4 Å². The fourth-order valence-electron chi connectivity index (χ4n) is 3.13. The van der Waals surface area contributed by atoms with Crippen molar-refractivity contribution >= 4 is 11.8 Å². The molecule has 1 fully saturated rings. The molecule has 4 heteroatoms. The Hall–Kier alpha value is -1.29. The molecule has 0 unspecified atom stereocenters. The molecule has 22 heavy (non-hydrogen) atoms.